The molecule has 0 heterocycles. The van der Waals surface area contributed by atoms with E-state index in [2.05, 4.69) is 0 Å². The van der Waals surface area contributed by atoms with Gasteiger partial charge in [-0.1, -0.05) is 18.2 Å². The number of rotatable bonds is 3. The minimum Gasteiger partial charge on any atom is -0.269 e. The Morgan fingerprint density at radius 2 is 1.79 bits per heavy atom. The van der Waals surface area contributed by atoms with Gasteiger partial charge in [0.15, 0.2) is 0 Å². The predicted molar refractivity (Wildman–Crippen MR) is 53.5 cm³/mol. The van der Waals surface area contributed by atoms with E-state index in [-0.39, 0.29) is 6.04 Å². The second-order valence-corrected chi connectivity index (χ2v) is 4.63. The molecule has 0 atom stereocenters. The number of benzene rings is 1. The number of anilines is 1. The van der Waals surface area contributed by atoms with Crippen molar-refractivity contribution in [1.82, 2.24) is 0 Å². The zero-order valence-electron chi connectivity index (χ0n) is 7.50. The summed E-state index contributed by atoms with van der Waals surface area (Å²) < 4.78 is 32.3. The van der Waals surface area contributed by atoms with Gasteiger partial charge in [0.1, 0.15) is 0 Å². The molecule has 0 aromatic heterocycles. The molecule has 0 unspecified atom stereocenters. The van der Waals surface area contributed by atoms with E-state index in [1.54, 1.807) is 30.3 Å². The topological polar surface area (TPSA) is 57.6 Å². The minimum atomic E-state index is -4.12. The van der Waals surface area contributed by atoms with Crippen LogP contribution in [0, 0.1) is 0 Å². The molecule has 1 fully saturated rings. The van der Waals surface area contributed by atoms with Crippen LogP contribution in [0.4, 0.5) is 5.69 Å². The highest BCUT2D eigenvalue weighted by Crippen LogP contribution is 2.33. The fourth-order valence-corrected chi connectivity index (χ4v) is 2.39. The van der Waals surface area contributed by atoms with Crippen LogP contribution in [0.25, 0.3) is 0 Å². The highest BCUT2D eigenvalue weighted by molar-refractivity contribution is 7.87. The Labute approximate surface area is 83.0 Å². The molecule has 1 aromatic carbocycles. The molecule has 1 aliphatic carbocycles. The van der Waals surface area contributed by atoms with Crippen molar-refractivity contribution in [3.05, 3.63) is 30.3 Å². The van der Waals surface area contributed by atoms with Gasteiger partial charge in [-0.3, -0.25) is 4.55 Å². The number of nitrogens with zero attached hydrogens (tertiary/aromatic N) is 1. The first-order valence-corrected chi connectivity index (χ1v) is 5.80. The molecule has 5 heteroatoms. The molecule has 1 N–H and O–H groups in total. The summed E-state index contributed by atoms with van der Waals surface area (Å²) in [6, 6.07) is 8.58. The van der Waals surface area contributed by atoms with Crippen LogP contribution in [0.5, 0.6) is 0 Å². The van der Waals surface area contributed by atoms with Crippen LogP contribution in [0.3, 0.4) is 0 Å². The van der Waals surface area contributed by atoms with Crippen LogP contribution in [-0.2, 0) is 10.3 Å². The summed E-state index contributed by atoms with van der Waals surface area (Å²) in [5, 5.41) is 0. The maximum absolute atomic E-state index is 11.1. The summed E-state index contributed by atoms with van der Waals surface area (Å²) in [6.07, 6.45) is 1.63. The molecule has 76 valence electrons. The van der Waals surface area contributed by atoms with Crippen molar-refractivity contribution in [3.63, 3.8) is 0 Å². The van der Waals surface area contributed by atoms with Gasteiger partial charge in [-0.25, -0.2) is 4.31 Å². The standard InChI is InChI=1S/C9H11NO3S/c11-14(12,13)10(9-6-7-9)8-4-2-1-3-5-8/h1-5,9H,6-7H2,(H,11,12,13). The van der Waals surface area contributed by atoms with Crippen LogP contribution < -0.4 is 4.31 Å². The van der Waals surface area contributed by atoms with Gasteiger partial charge in [-0.05, 0) is 25.0 Å². The van der Waals surface area contributed by atoms with E-state index in [1.807, 2.05) is 0 Å². The molecule has 4 nitrogen and oxygen atoms in total. The molecule has 0 amide bonds. The van der Waals surface area contributed by atoms with Crippen LogP contribution in [0.1, 0.15) is 12.8 Å². The molecule has 0 spiro atoms. The molecule has 1 saturated carbocycles. The van der Waals surface area contributed by atoms with E-state index in [4.69, 9.17) is 4.55 Å². The summed E-state index contributed by atoms with van der Waals surface area (Å²) in [4.78, 5) is 0. The van der Waals surface area contributed by atoms with E-state index >= 15 is 0 Å². The lowest BCUT2D eigenvalue weighted by Crippen LogP contribution is -2.32. The van der Waals surface area contributed by atoms with Crippen LogP contribution in [-0.4, -0.2) is 19.0 Å². The van der Waals surface area contributed by atoms with Gasteiger partial charge in [-0.15, -0.1) is 0 Å². The van der Waals surface area contributed by atoms with Crippen molar-refractivity contribution < 1.29 is 13.0 Å². The Bertz CT molecular complexity index is 411. The van der Waals surface area contributed by atoms with Crippen LogP contribution in [0.15, 0.2) is 30.3 Å². The fraction of sp³-hybridized carbons (Fsp3) is 0.333. The lowest BCUT2D eigenvalue weighted by atomic mass is 10.3. The maximum Gasteiger partial charge on any atom is 0.360 e. The van der Waals surface area contributed by atoms with E-state index in [0.717, 1.165) is 17.1 Å². The van der Waals surface area contributed by atoms with Gasteiger partial charge in [-0.2, -0.15) is 8.42 Å². The van der Waals surface area contributed by atoms with Gasteiger partial charge in [0.25, 0.3) is 0 Å². The molecule has 14 heavy (non-hydrogen) atoms. The summed E-state index contributed by atoms with van der Waals surface area (Å²) in [6.45, 7) is 0. The molecule has 1 aliphatic rings. The lowest BCUT2D eigenvalue weighted by Gasteiger charge is -2.19. The summed E-state index contributed by atoms with van der Waals surface area (Å²) >= 11 is 0. The van der Waals surface area contributed by atoms with Gasteiger partial charge >= 0.3 is 10.3 Å². The minimum absolute atomic E-state index is 0.0626. The van der Waals surface area contributed by atoms with Gasteiger partial charge < -0.3 is 0 Å². The third kappa shape index (κ3) is 1.88. The SMILES string of the molecule is O=S(=O)(O)N(c1ccccc1)C1CC1. The summed E-state index contributed by atoms with van der Waals surface area (Å²) in [5.74, 6) is 0. The molecule has 1 aromatic rings. The fourth-order valence-electron chi connectivity index (χ4n) is 1.42. The smallest absolute Gasteiger partial charge is 0.269 e. The zero-order valence-corrected chi connectivity index (χ0v) is 8.31. The second kappa shape index (κ2) is 3.25. The molecular formula is C9H11NO3S. The molecule has 0 aliphatic heterocycles. The van der Waals surface area contributed by atoms with Crippen molar-refractivity contribution in [3.8, 4) is 0 Å². The average Bonchev–Trinajstić information content (AvgIpc) is 2.88. The van der Waals surface area contributed by atoms with E-state index < -0.39 is 10.3 Å². The second-order valence-electron chi connectivity index (χ2n) is 3.34. The predicted octanol–water partition coefficient (Wildman–Crippen LogP) is 1.46. The number of hydrogen-bond donors (Lipinski definition) is 1. The quantitative estimate of drug-likeness (QED) is 0.773. The van der Waals surface area contributed by atoms with E-state index in [9.17, 15) is 8.42 Å². The molecular weight excluding hydrogens is 202 g/mol. The maximum atomic E-state index is 11.1. The van der Waals surface area contributed by atoms with Crippen LogP contribution in [0.2, 0.25) is 0 Å². The van der Waals surface area contributed by atoms with Gasteiger partial charge in [0.2, 0.25) is 0 Å². The highest BCUT2D eigenvalue weighted by Gasteiger charge is 2.36. The van der Waals surface area contributed by atoms with Crippen molar-refractivity contribution in [2.45, 2.75) is 18.9 Å². The monoisotopic (exact) mass is 213 g/mol. The normalized spacial score (nSPS) is 16.6. The Hall–Kier alpha value is -1.07. The molecule has 0 bridgehead atoms. The first-order chi connectivity index (χ1) is 6.59. The molecule has 0 saturated heterocycles. The van der Waals surface area contributed by atoms with Crippen LogP contribution >= 0.6 is 0 Å². The Kier molecular flexibility index (Phi) is 2.20. The molecule has 2 rings (SSSR count). The Balaban J connectivity index is 2.37. The third-order valence-corrected chi connectivity index (χ3v) is 3.14. The Morgan fingerprint density at radius 3 is 2.21 bits per heavy atom. The zero-order chi connectivity index (χ0) is 10.2. The highest BCUT2D eigenvalue weighted by atomic mass is 32.2. The average molecular weight is 213 g/mol. The van der Waals surface area contributed by atoms with Crippen molar-refractivity contribution >= 4 is 16.0 Å². The first kappa shape index (κ1) is 9.48. The number of hydrogen-bond acceptors (Lipinski definition) is 2. The first-order valence-electron chi connectivity index (χ1n) is 4.41. The summed E-state index contributed by atoms with van der Waals surface area (Å²) in [7, 11) is -4.12. The van der Waals surface area contributed by atoms with Crippen molar-refractivity contribution in [2.24, 2.45) is 0 Å². The summed E-state index contributed by atoms with van der Waals surface area (Å²) in [5.41, 5.74) is 0.525. The molecule has 0 radical (unpaired) electrons. The van der Waals surface area contributed by atoms with Crippen molar-refractivity contribution in [1.29, 1.82) is 0 Å². The van der Waals surface area contributed by atoms with Gasteiger partial charge in [0, 0.05) is 6.04 Å². The largest absolute Gasteiger partial charge is 0.360 e. The van der Waals surface area contributed by atoms with E-state index in [1.165, 1.54) is 0 Å². The Morgan fingerprint density at radius 1 is 1.21 bits per heavy atom. The van der Waals surface area contributed by atoms with Crippen molar-refractivity contribution in [2.75, 3.05) is 4.31 Å². The van der Waals surface area contributed by atoms with Gasteiger partial charge in [0.05, 0.1) is 5.69 Å². The third-order valence-electron chi connectivity index (χ3n) is 2.14. The van der Waals surface area contributed by atoms with E-state index in [0.29, 0.717) is 5.69 Å². The lowest BCUT2D eigenvalue weighted by molar-refractivity contribution is 0.477. The number of para-hydroxylation sites is 1.